The number of nitrogens with zero attached hydrogens (tertiary/aromatic N) is 2. The van der Waals surface area contributed by atoms with Crippen molar-refractivity contribution in [1.29, 1.82) is 0 Å². The van der Waals surface area contributed by atoms with Gasteiger partial charge in [-0.3, -0.25) is 0 Å². The van der Waals surface area contributed by atoms with Crippen molar-refractivity contribution >= 4 is 55.4 Å². The first-order chi connectivity index (χ1) is 28.3. The van der Waals surface area contributed by atoms with Crippen molar-refractivity contribution in [3.8, 4) is 11.1 Å². The number of allylic oxidation sites excluding steroid dienone is 10. The Balaban J connectivity index is 0.970. The van der Waals surface area contributed by atoms with Crippen LogP contribution in [-0.4, -0.2) is 9.13 Å². The Morgan fingerprint density at radius 3 is 2.12 bits per heavy atom. The number of benzene rings is 4. The Kier molecular flexibility index (Phi) is 7.84. The second kappa shape index (κ2) is 13.4. The van der Waals surface area contributed by atoms with E-state index in [0.717, 1.165) is 62.9 Å². The van der Waals surface area contributed by atoms with Crippen LogP contribution in [0.25, 0.3) is 66.5 Å². The van der Waals surface area contributed by atoms with Crippen molar-refractivity contribution in [2.75, 3.05) is 0 Å². The molecule has 57 heavy (non-hydrogen) atoms. The molecule has 5 aliphatic carbocycles. The highest BCUT2D eigenvalue weighted by Crippen LogP contribution is 2.46. The molecule has 0 saturated heterocycles. The van der Waals surface area contributed by atoms with Crippen LogP contribution in [0.1, 0.15) is 92.9 Å². The number of hydrogen-bond acceptors (Lipinski definition) is 1. The largest absolute Gasteiger partial charge is 0.455 e. The lowest BCUT2D eigenvalue weighted by molar-refractivity contribution is 0.423. The van der Waals surface area contributed by atoms with Gasteiger partial charge < -0.3 is 13.6 Å². The zero-order valence-corrected chi connectivity index (χ0v) is 32.6. The SMILES string of the molecule is C1=CC(C2C=C(C3=CCCCC3)CC(n3c4ccccc4c4cc(-c5ccc6c(c5)c5ccccc5n6C5=CCCc6c5oc5c6CCC=C5)ccc43)C2)=CCC1. The minimum absolute atomic E-state index is 0.398. The second-order valence-corrected chi connectivity index (χ2v) is 17.1. The lowest BCUT2D eigenvalue weighted by Gasteiger charge is -2.33. The molecule has 0 aliphatic heterocycles. The van der Waals surface area contributed by atoms with Crippen LogP contribution in [-0.2, 0) is 12.8 Å². The van der Waals surface area contributed by atoms with Gasteiger partial charge in [0.2, 0.25) is 0 Å². The standard InChI is InChI=1S/C54H48N2O/c1-3-14-35(15-4-1)39-30-40(36-16-5-2-6-17-36)32-41(31-39)55-48-22-10-7-18-42(48)46-33-37(26-28-50(46)55)38-27-29-51-47(34-38)43-19-8-11-23-49(43)56(51)52-24-13-21-45-44-20-9-12-25-53(44)57-54(45)52/h3,7-8,10-12,14-16,18-19,22-30,33-34,39,41H,1-2,4-6,9,13,17,20-21,31-32H2. The van der Waals surface area contributed by atoms with Gasteiger partial charge in [-0.15, -0.1) is 0 Å². The van der Waals surface area contributed by atoms with Crippen LogP contribution in [0.3, 0.4) is 0 Å². The summed E-state index contributed by atoms with van der Waals surface area (Å²) in [5, 5.41) is 5.26. The average molecular weight is 741 g/mol. The Morgan fingerprint density at radius 1 is 0.561 bits per heavy atom. The van der Waals surface area contributed by atoms with Crippen molar-refractivity contribution in [1.82, 2.24) is 9.13 Å². The van der Waals surface area contributed by atoms with E-state index < -0.39 is 0 Å². The highest BCUT2D eigenvalue weighted by molar-refractivity contribution is 6.13. The fraction of sp³-hybridized carbons (Fsp3) is 0.259. The molecule has 3 aromatic heterocycles. The van der Waals surface area contributed by atoms with Crippen LogP contribution in [0.4, 0.5) is 0 Å². The highest BCUT2D eigenvalue weighted by atomic mass is 16.3. The lowest BCUT2D eigenvalue weighted by Crippen LogP contribution is -2.21. The topological polar surface area (TPSA) is 23.0 Å². The van der Waals surface area contributed by atoms with Gasteiger partial charge in [0.15, 0.2) is 5.76 Å². The summed E-state index contributed by atoms with van der Waals surface area (Å²) < 4.78 is 11.8. The smallest absolute Gasteiger partial charge is 0.154 e. The molecule has 0 spiro atoms. The minimum Gasteiger partial charge on any atom is -0.455 e. The summed E-state index contributed by atoms with van der Waals surface area (Å²) in [5.74, 6) is 2.56. The molecule has 3 heteroatoms. The van der Waals surface area contributed by atoms with Gasteiger partial charge in [0.1, 0.15) is 5.76 Å². The predicted molar refractivity (Wildman–Crippen MR) is 238 cm³/mol. The molecule has 280 valence electrons. The third kappa shape index (κ3) is 5.38. The normalized spacial score (nSPS) is 20.8. The third-order valence-electron chi connectivity index (χ3n) is 13.8. The summed E-state index contributed by atoms with van der Waals surface area (Å²) in [5.41, 5.74) is 16.4. The molecule has 3 heterocycles. The van der Waals surface area contributed by atoms with Gasteiger partial charge in [0.05, 0.1) is 16.7 Å². The maximum Gasteiger partial charge on any atom is 0.154 e. The number of fused-ring (bicyclic) bond motifs is 9. The van der Waals surface area contributed by atoms with E-state index in [1.54, 1.807) is 11.1 Å². The number of para-hydroxylation sites is 2. The third-order valence-corrected chi connectivity index (χ3v) is 13.8. The van der Waals surface area contributed by atoms with Crippen LogP contribution >= 0.6 is 0 Å². The van der Waals surface area contributed by atoms with Crippen molar-refractivity contribution in [2.45, 2.75) is 83.1 Å². The van der Waals surface area contributed by atoms with Crippen LogP contribution in [0.5, 0.6) is 0 Å². The van der Waals surface area contributed by atoms with E-state index in [0.29, 0.717) is 12.0 Å². The van der Waals surface area contributed by atoms with Crippen molar-refractivity contribution in [3.63, 3.8) is 0 Å². The second-order valence-electron chi connectivity index (χ2n) is 17.1. The van der Waals surface area contributed by atoms with Crippen molar-refractivity contribution < 1.29 is 4.42 Å². The van der Waals surface area contributed by atoms with E-state index in [1.165, 1.54) is 103 Å². The predicted octanol–water partition coefficient (Wildman–Crippen LogP) is 14.6. The van der Waals surface area contributed by atoms with E-state index in [2.05, 4.69) is 143 Å². The molecule has 2 atom stereocenters. The van der Waals surface area contributed by atoms with E-state index >= 15 is 0 Å². The van der Waals surface area contributed by atoms with E-state index in [-0.39, 0.29) is 0 Å². The van der Waals surface area contributed by atoms with Crippen molar-refractivity contribution in [3.05, 3.63) is 167 Å². The van der Waals surface area contributed by atoms with Crippen LogP contribution < -0.4 is 0 Å². The molecule has 4 aromatic carbocycles. The molecule has 0 saturated carbocycles. The van der Waals surface area contributed by atoms with E-state index in [4.69, 9.17) is 4.42 Å². The highest BCUT2D eigenvalue weighted by Gasteiger charge is 2.31. The Hall–Kier alpha value is -5.80. The maximum absolute atomic E-state index is 6.66. The summed E-state index contributed by atoms with van der Waals surface area (Å²) >= 11 is 0. The number of aromatic nitrogens is 2. The quantitative estimate of drug-likeness (QED) is 0.172. The van der Waals surface area contributed by atoms with Gasteiger partial charge in [-0.2, -0.15) is 0 Å². The summed E-state index contributed by atoms with van der Waals surface area (Å²) in [6.07, 6.45) is 33.2. The molecule has 12 rings (SSSR count). The first-order valence-corrected chi connectivity index (χ1v) is 21.6. The molecule has 3 nitrogen and oxygen atoms in total. The molecule has 0 bridgehead atoms. The fourth-order valence-electron chi connectivity index (χ4n) is 11.2. The Labute approximate surface area is 334 Å². The Morgan fingerprint density at radius 2 is 1.30 bits per heavy atom. The van der Waals surface area contributed by atoms with E-state index in [1.807, 2.05) is 0 Å². The van der Waals surface area contributed by atoms with Gasteiger partial charge in [-0.25, -0.2) is 0 Å². The summed E-state index contributed by atoms with van der Waals surface area (Å²) in [6, 6.07) is 32.9. The molecule has 2 unspecified atom stereocenters. The van der Waals surface area contributed by atoms with Crippen LogP contribution in [0, 0.1) is 5.92 Å². The summed E-state index contributed by atoms with van der Waals surface area (Å²) in [6.45, 7) is 0. The minimum atomic E-state index is 0.398. The molecule has 0 amide bonds. The average Bonchev–Trinajstić information content (AvgIpc) is 3.94. The van der Waals surface area contributed by atoms with Gasteiger partial charge >= 0.3 is 0 Å². The molecular weight excluding hydrogens is 693 g/mol. The zero-order chi connectivity index (χ0) is 37.5. The molecule has 0 radical (unpaired) electrons. The fourth-order valence-corrected chi connectivity index (χ4v) is 11.2. The van der Waals surface area contributed by atoms with Gasteiger partial charge in [0, 0.05) is 55.7 Å². The van der Waals surface area contributed by atoms with Gasteiger partial charge in [-0.1, -0.05) is 91.1 Å². The first kappa shape index (κ1) is 33.4. The number of hydrogen-bond donors (Lipinski definition) is 0. The molecular formula is C54H48N2O. The molecule has 0 N–H and O–H groups in total. The lowest BCUT2D eigenvalue weighted by atomic mass is 9.77. The van der Waals surface area contributed by atoms with Gasteiger partial charge in [0.25, 0.3) is 0 Å². The first-order valence-electron chi connectivity index (χ1n) is 21.6. The summed E-state index contributed by atoms with van der Waals surface area (Å²) in [7, 11) is 0. The molecule has 0 fully saturated rings. The van der Waals surface area contributed by atoms with Crippen molar-refractivity contribution in [2.24, 2.45) is 5.92 Å². The molecule has 5 aliphatic rings. The zero-order valence-electron chi connectivity index (χ0n) is 32.6. The monoisotopic (exact) mass is 740 g/mol. The number of rotatable bonds is 5. The van der Waals surface area contributed by atoms with Gasteiger partial charge in [-0.05, 0) is 147 Å². The summed E-state index contributed by atoms with van der Waals surface area (Å²) in [4.78, 5) is 0. The Bertz CT molecular complexity index is 2980. The molecule has 7 aromatic rings. The van der Waals surface area contributed by atoms with Crippen LogP contribution in [0.2, 0.25) is 0 Å². The number of furan rings is 1. The van der Waals surface area contributed by atoms with Crippen LogP contribution in [0.15, 0.2) is 149 Å². The maximum atomic E-state index is 6.66. The van der Waals surface area contributed by atoms with E-state index in [9.17, 15) is 0 Å².